The summed E-state index contributed by atoms with van der Waals surface area (Å²) in [4.78, 5) is 0. The molecular weight excluding hydrogens is 901 g/mol. The van der Waals surface area contributed by atoms with Crippen LogP contribution in [0.3, 0.4) is 0 Å². The monoisotopic (exact) mass is 958 g/mol. The predicted octanol–water partition coefficient (Wildman–Crippen LogP) is 21.4. The van der Waals surface area contributed by atoms with E-state index in [9.17, 15) is 0 Å². The zero-order valence-electron chi connectivity index (χ0n) is 44.1. The summed E-state index contributed by atoms with van der Waals surface area (Å²) >= 11 is 0. The number of rotatable bonds is 4. The number of hydrogen-bond acceptors (Lipinski definition) is 0. The Kier molecular flexibility index (Phi) is 9.06. The molecule has 1 aliphatic rings. The van der Waals surface area contributed by atoms with Gasteiger partial charge in [-0.2, -0.15) is 0 Å². The summed E-state index contributed by atoms with van der Waals surface area (Å²) in [6.07, 6.45) is 0. The van der Waals surface area contributed by atoms with Crippen molar-refractivity contribution < 1.29 is 0 Å². The summed E-state index contributed by atoms with van der Waals surface area (Å²) in [6.45, 7) is 19.0. The van der Waals surface area contributed by atoms with Crippen LogP contribution < -0.4 is 0 Å². The third-order valence-corrected chi connectivity index (χ3v) is 17.6. The maximum Gasteiger partial charge on any atom is 0.0159 e. The molecule has 15 rings (SSSR count). The maximum atomic E-state index is 2.57. The van der Waals surface area contributed by atoms with Crippen LogP contribution in [0.1, 0.15) is 77.6 Å². The Morgan fingerprint density at radius 2 is 0.827 bits per heavy atom. The molecule has 0 unspecified atom stereocenters. The zero-order chi connectivity index (χ0) is 50.9. The van der Waals surface area contributed by atoms with E-state index >= 15 is 0 Å². The largest absolute Gasteiger partial charge is 0.0622 e. The van der Waals surface area contributed by atoms with E-state index in [4.69, 9.17) is 0 Å². The molecule has 75 heavy (non-hydrogen) atoms. The standard InChI is InChI=1S/C75H58/c1-73(2,3)47-35-36-55-63(40-47)75(7,8)64-41-48(74(4,5)6)39-59(68(55)64)46-34-33-45-38-61-67-54(58(45)37-46)30-20-32-57(67)71-69(52-28-18-15-25-49(52)43-21-11-9-12-22-43)62-42-60-51-27-17-16-26-50(51)53-29-19-31-56(66(53)60)70(62)65(72(61)71)44-23-13-10-14-24-44/h9-42H,1-8H3. The second kappa shape index (κ2) is 15.4. The molecule has 0 heterocycles. The molecule has 0 atom stereocenters. The van der Waals surface area contributed by atoms with E-state index in [-0.39, 0.29) is 16.2 Å². The minimum absolute atomic E-state index is 0.0322. The van der Waals surface area contributed by atoms with Crippen LogP contribution in [0.4, 0.5) is 0 Å². The maximum absolute atomic E-state index is 2.57. The van der Waals surface area contributed by atoms with Gasteiger partial charge in [-0.3, -0.25) is 0 Å². The van der Waals surface area contributed by atoms with Gasteiger partial charge in [0.25, 0.3) is 0 Å². The fourth-order valence-corrected chi connectivity index (χ4v) is 13.9. The Balaban J connectivity index is 1.11. The molecule has 14 aromatic carbocycles. The SMILES string of the molecule is CC(C)(C)c1ccc2c(c1)C(C)(C)c1cc(C(C)(C)C)cc(-c3ccc4cc5c6c(-c7ccccc7)c7c(cc8c9ccccc9c9cccc7c98)c(-c7ccccc7-c7ccccc7)c6c6cccc(c4c3)c65)c1-2. The lowest BCUT2D eigenvalue weighted by Crippen LogP contribution is -2.19. The van der Waals surface area contributed by atoms with Crippen molar-refractivity contribution in [2.75, 3.05) is 0 Å². The molecular formula is C75H58. The molecule has 0 saturated carbocycles. The van der Waals surface area contributed by atoms with Crippen molar-refractivity contribution in [3.05, 3.63) is 229 Å². The third kappa shape index (κ3) is 6.18. The highest BCUT2D eigenvalue weighted by atomic mass is 14.4. The van der Waals surface area contributed by atoms with Gasteiger partial charge < -0.3 is 0 Å². The molecule has 1 aliphatic carbocycles. The van der Waals surface area contributed by atoms with Crippen molar-refractivity contribution >= 4 is 86.2 Å². The van der Waals surface area contributed by atoms with Crippen LogP contribution in [0.2, 0.25) is 0 Å². The smallest absolute Gasteiger partial charge is 0.0159 e. The second-order valence-electron chi connectivity index (χ2n) is 24.3. The molecule has 0 fully saturated rings. The zero-order valence-corrected chi connectivity index (χ0v) is 44.1. The first kappa shape index (κ1) is 44.2. The first-order valence-corrected chi connectivity index (χ1v) is 27.0. The fraction of sp³-hybridized carbons (Fsp3) is 0.147. The molecule has 0 spiro atoms. The highest BCUT2D eigenvalue weighted by molar-refractivity contribution is 6.46. The predicted molar refractivity (Wildman–Crippen MR) is 326 cm³/mol. The summed E-state index contributed by atoms with van der Waals surface area (Å²) in [5.41, 5.74) is 18.4. The number of benzene rings is 12. The van der Waals surface area contributed by atoms with E-state index in [2.05, 4.69) is 262 Å². The summed E-state index contributed by atoms with van der Waals surface area (Å²) in [7, 11) is 0. The molecule has 0 nitrogen and oxygen atoms in total. The molecule has 0 amide bonds. The topological polar surface area (TPSA) is 0 Å². The van der Waals surface area contributed by atoms with Gasteiger partial charge in [0.15, 0.2) is 0 Å². The molecule has 0 N–H and O–H groups in total. The number of hydrogen-bond donors (Lipinski definition) is 0. The van der Waals surface area contributed by atoms with Gasteiger partial charge in [-0.05, 0) is 199 Å². The van der Waals surface area contributed by atoms with Crippen LogP contribution in [0.25, 0.3) is 142 Å². The normalized spacial score (nSPS) is 13.7. The van der Waals surface area contributed by atoms with Crippen LogP contribution >= 0.6 is 0 Å². The first-order chi connectivity index (χ1) is 36.3. The first-order valence-electron chi connectivity index (χ1n) is 27.0. The van der Waals surface area contributed by atoms with Crippen molar-refractivity contribution in [3.8, 4) is 55.6 Å². The minimum atomic E-state index is -0.147. The molecule has 358 valence electrons. The van der Waals surface area contributed by atoms with Crippen LogP contribution in [0, 0.1) is 0 Å². The van der Waals surface area contributed by atoms with Gasteiger partial charge in [0.05, 0.1) is 0 Å². The van der Waals surface area contributed by atoms with Gasteiger partial charge in [0.2, 0.25) is 0 Å². The summed E-state index contributed by atoms with van der Waals surface area (Å²) in [5.74, 6) is 0. The number of fused-ring (bicyclic) bond motifs is 13. The quantitative estimate of drug-likeness (QED) is 0.154. The van der Waals surface area contributed by atoms with E-state index in [0.29, 0.717) is 0 Å². The Morgan fingerprint density at radius 3 is 1.53 bits per heavy atom. The highest BCUT2D eigenvalue weighted by Gasteiger charge is 2.39. The van der Waals surface area contributed by atoms with Crippen molar-refractivity contribution in [1.29, 1.82) is 0 Å². The van der Waals surface area contributed by atoms with Crippen LogP contribution in [-0.4, -0.2) is 0 Å². The van der Waals surface area contributed by atoms with Gasteiger partial charge in [0.1, 0.15) is 0 Å². The Hall–Kier alpha value is -8.32. The molecule has 0 aromatic heterocycles. The summed E-state index contributed by atoms with van der Waals surface area (Å²) < 4.78 is 0. The van der Waals surface area contributed by atoms with Gasteiger partial charge in [-0.25, -0.2) is 0 Å². The highest BCUT2D eigenvalue weighted by Crippen LogP contribution is 2.58. The molecule has 0 bridgehead atoms. The van der Waals surface area contributed by atoms with E-state index < -0.39 is 0 Å². The second-order valence-corrected chi connectivity index (χ2v) is 24.3. The fourth-order valence-electron chi connectivity index (χ4n) is 13.9. The summed E-state index contributed by atoms with van der Waals surface area (Å²) in [5, 5.41) is 20.9. The van der Waals surface area contributed by atoms with Gasteiger partial charge in [-0.15, -0.1) is 0 Å². The van der Waals surface area contributed by atoms with E-state index in [1.807, 2.05) is 0 Å². The van der Waals surface area contributed by atoms with Crippen molar-refractivity contribution in [2.24, 2.45) is 0 Å². The average molecular weight is 959 g/mol. The lowest BCUT2D eigenvalue weighted by molar-refractivity contribution is 0.580. The molecule has 14 aromatic rings. The average Bonchev–Trinajstić information content (AvgIpc) is 4.23. The van der Waals surface area contributed by atoms with Crippen LogP contribution in [-0.2, 0) is 16.2 Å². The summed E-state index contributed by atoms with van der Waals surface area (Å²) in [6, 6.07) is 79.5. The van der Waals surface area contributed by atoms with Gasteiger partial charge in [-0.1, -0.05) is 237 Å². The van der Waals surface area contributed by atoms with Crippen molar-refractivity contribution in [1.82, 2.24) is 0 Å². The van der Waals surface area contributed by atoms with E-state index in [0.717, 1.165) is 0 Å². The van der Waals surface area contributed by atoms with Crippen LogP contribution in [0.5, 0.6) is 0 Å². The molecule has 0 heteroatoms. The van der Waals surface area contributed by atoms with Gasteiger partial charge in [0, 0.05) is 5.41 Å². The molecule has 0 aliphatic heterocycles. The van der Waals surface area contributed by atoms with Crippen LogP contribution in [0.15, 0.2) is 206 Å². The minimum Gasteiger partial charge on any atom is -0.0622 e. The Labute approximate surface area is 439 Å². The molecule has 0 saturated heterocycles. The third-order valence-electron chi connectivity index (χ3n) is 17.6. The lowest BCUT2D eigenvalue weighted by atomic mass is 9.76. The molecule has 0 radical (unpaired) electrons. The van der Waals surface area contributed by atoms with E-state index in [1.165, 1.54) is 164 Å². The Bertz CT molecular complexity index is 4700. The lowest BCUT2D eigenvalue weighted by Gasteiger charge is -2.27. The van der Waals surface area contributed by atoms with Gasteiger partial charge >= 0.3 is 0 Å². The van der Waals surface area contributed by atoms with E-state index in [1.54, 1.807) is 0 Å². The Morgan fingerprint density at radius 1 is 0.267 bits per heavy atom. The van der Waals surface area contributed by atoms with Crippen molar-refractivity contribution in [3.63, 3.8) is 0 Å². The van der Waals surface area contributed by atoms with Crippen molar-refractivity contribution in [2.45, 2.75) is 71.6 Å².